The van der Waals surface area contributed by atoms with Crippen LogP contribution >= 0.6 is 0 Å². The summed E-state index contributed by atoms with van der Waals surface area (Å²) >= 11 is 0. The molecule has 2 fully saturated rings. The van der Waals surface area contributed by atoms with Crippen molar-refractivity contribution in [1.82, 2.24) is 9.91 Å². The molecule has 4 heteroatoms. The number of nitrogens with two attached hydrogens (primary N) is 2. The van der Waals surface area contributed by atoms with Gasteiger partial charge in [0.1, 0.15) is 0 Å². The lowest BCUT2D eigenvalue weighted by atomic mass is 9.89. The second kappa shape index (κ2) is 3.79. The highest BCUT2D eigenvalue weighted by Gasteiger charge is 2.33. The Morgan fingerprint density at radius 3 is 2.43 bits per heavy atom. The van der Waals surface area contributed by atoms with Gasteiger partial charge in [0.15, 0.2) is 0 Å². The van der Waals surface area contributed by atoms with Crippen molar-refractivity contribution in [2.24, 2.45) is 17.5 Å². The number of hydrogen-bond acceptors (Lipinski definition) is 4. The summed E-state index contributed by atoms with van der Waals surface area (Å²) in [5, 5.41) is 1.90. The fourth-order valence-corrected chi connectivity index (χ4v) is 2.19. The highest BCUT2D eigenvalue weighted by Crippen LogP contribution is 2.30. The van der Waals surface area contributed by atoms with Crippen LogP contribution in [0.2, 0.25) is 0 Å². The molecule has 0 aromatic carbocycles. The van der Waals surface area contributed by atoms with E-state index in [1.165, 1.54) is 19.3 Å². The second-order valence-electron chi connectivity index (χ2n) is 4.50. The molecular weight excluding hydrogens is 176 g/mol. The van der Waals surface area contributed by atoms with Gasteiger partial charge in [-0.3, -0.25) is 0 Å². The zero-order valence-electron chi connectivity index (χ0n) is 8.82. The molecule has 1 aliphatic carbocycles. The lowest BCUT2D eigenvalue weighted by Crippen LogP contribution is -2.53. The molecule has 0 aromatic rings. The lowest BCUT2D eigenvalue weighted by molar-refractivity contribution is 0.0925. The molecule has 2 aliphatic rings. The van der Waals surface area contributed by atoms with Crippen LogP contribution in [-0.4, -0.2) is 36.1 Å². The Bertz CT molecular complexity index is 228. The molecule has 0 amide bonds. The zero-order chi connectivity index (χ0) is 10.1. The van der Waals surface area contributed by atoms with E-state index in [2.05, 4.69) is 11.9 Å². The largest absolute Gasteiger partial charge is 0.403 e. The molecule has 0 bridgehead atoms. The van der Waals surface area contributed by atoms with Gasteiger partial charge in [0.25, 0.3) is 0 Å². The van der Waals surface area contributed by atoms with E-state index in [0.717, 1.165) is 18.8 Å². The zero-order valence-corrected chi connectivity index (χ0v) is 8.82. The summed E-state index contributed by atoms with van der Waals surface area (Å²) < 4.78 is 0. The van der Waals surface area contributed by atoms with E-state index < -0.39 is 0 Å². The molecule has 0 unspecified atom stereocenters. The first-order valence-corrected chi connectivity index (χ1v) is 5.36. The first-order valence-electron chi connectivity index (χ1n) is 5.36. The summed E-state index contributed by atoms with van der Waals surface area (Å²) in [7, 11) is 2.12. The van der Waals surface area contributed by atoms with Gasteiger partial charge in [-0.2, -0.15) is 0 Å². The van der Waals surface area contributed by atoms with Gasteiger partial charge in [-0.05, 0) is 26.3 Å². The van der Waals surface area contributed by atoms with E-state index in [1.54, 1.807) is 6.20 Å². The Kier molecular flexibility index (Phi) is 2.65. The van der Waals surface area contributed by atoms with Crippen LogP contribution in [0.25, 0.3) is 0 Å². The van der Waals surface area contributed by atoms with Gasteiger partial charge in [-0.15, -0.1) is 0 Å². The van der Waals surface area contributed by atoms with Crippen LogP contribution in [0.15, 0.2) is 11.9 Å². The van der Waals surface area contributed by atoms with E-state index in [-0.39, 0.29) is 0 Å². The van der Waals surface area contributed by atoms with E-state index in [4.69, 9.17) is 11.6 Å². The average molecular weight is 196 g/mol. The Balaban J connectivity index is 1.92. The van der Waals surface area contributed by atoms with Crippen LogP contribution < -0.4 is 11.6 Å². The summed E-state index contributed by atoms with van der Waals surface area (Å²) in [6, 6.07) is 0.538. The highest BCUT2D eigenvalue weighted by atomic mass is 15.4. The van der Waals surface area contributed by atoms with Gasteiger partial charge in [-0.1, -0.05) is 0 Å². The Morgan fingerprint density at radius 2 is 2.07 bits per heavy atom. The van der Waals surface area contributed by atoms with Crippen molar-refractivity contribution < 1.29 is 0 Å². The third-order valence-corrected chi connectivity index (χ3v) is 3.42. The maximum Gasteiger partial charge on any atom is 0.0505 e. The summed E-state index contributed by atoms with van der Waals surface area (Å²) in [6.07, 6.45) is 5.43. The molecule has 4 N–H and O–H groups in total. The molecule has 1 aliphatic heterocycles. The minimum atomic E-state index is 0.538. The highest BCUT2D eigenvalue weighted by molar-refractivity contribution is 5.10. The lowest BCUT2D eigenvalue weighted by Gasteiger charge is -2.44. The summed E-state index contributed by atoms with van der Waals surface area (Å²) in [5.74, 6) is 6.61. The van der Waals surface area contributed by atoms with Crippen molar-refractivity contribution in [2.45, 2.75) is 25.3 Å². The van der Waals surface area contributed by atoms with E-state index in [0.29, 0.717) is 12.0 Å². The molecule has 1 saturated carbocycles. The van der Waals surface area contributed by atoms with Crippen molar-refractivity contribution in [2.75, 3.05) is 20.1 Å². The van der Waals surface area contributed by atoms with Crippen LogP contribution in [0.3, 0.4) is 0 Å². The summed E-state index contributed by atoms with van der Waals surface area (Å²) in [5.41, 5.74) is 6.78. The number of nitrogens with zero attached hydrogens (tertiary/aromatic N) is 2. The third-order valence-electron chi connectivity index (χ3n) is 3.42. The van der Waals surface area contributed by atoms with Crippen molar-refractivity contribution in [1.29, 1.82) is 0 Å². The number of rotatable bonds is 3. The van der Waals surface area contributed by atoms with Gasteiger partial charge in [0, 0.05) is 31.2 Å². The number of hydrazine groups is 1. The van der Waals surface area contributed by atoms with Gasteiger partial charge < -0.3 is 15.6 Å². The second-order valence-corrected chi connectivity index (χ2v) is 4.50. The fourth-order valence-electron chi connectivity index (χ4n) is 2.19. The minimum absolute atomic E-state index is 0.538. The fraction of sp³-hybridized carbons (Fsp3) is 0.800. The van der Waals surface area contributed by atoms with Crippen LogP contribution in [0.5, 0.6) is 0 Å². The van der Waals surface area contributed by atoms with Crippen LogP contribution in [0, 0.1) is 5.92 Å². The van der Waals surface area contributed by atoms with Gasteiger partial charge in [0.2, 0.25) is 0 Å². The topological polar surface area (TPSA) is 58.5 Å². The minimum Gasteiger partial charge on any atom is -0.403 e. The standard InChI is InChI=1S/C10H20N4/c1-13-6-8(7-13)10(5-11)14(12)9-3-2-4-9/h5,8-9H,2-4,6-7,11-12H2,1H3/b10-5-. The SMILES string of the molecule is CN1CC(/C(=C/N)N(N)C2CCC2)C1. The predicted molar refractivity (Wildman–Crippen MR) is 56.9 cm³/mol. The molecule has 0 atom stereocenters. The molecule has 0 aromatic heterocycles. The van der Waals surface area contributed by atoms with Crippen molar-refractivity contribution >= 4 is 0 Å². The smallest absolute Gasteiger partial charge is 0.0505 e. The maximum atomic E-state index is 6.06. The average Bonchev–Trinajstić information content (AvgIpc) is 1.99. The van der Waals surface area contributed by atoms with Gasteiger partial charge in [0.05, 0.1) is 5.70 Å². The van der Waals surface area contributed by atoms with Crippen molar-refractivity contribution in [3.05, 3.63) is 11.9 Å². The Hall–Kier alpha value is -0.740. The molecule has 0 spiro atoms. The van der Waals surface area contributed by atoms with Gasteiger partial charge in [-0.25, -0.2) is 5.84 Å². The van der Waals surface area contributed by atoms with E-state index in [1.807, 2.05) is 5.01 Å². The molecule has 1 heterocycles. The Labute approximate surface area is 85.5 Å². The van der Waals surface area contributed by atoms with E-state index >= 15 is 0 Å². The Morgan fingerprint density at radius 1 is 1.43 bits per heavy atom. The molecule has 1 saturated heterocycles. The summed E-state index contributed by atoms with van der Waals surface area (Å²) in [6.45, 7) is 2.17. The van der Waals surface area contributed by atoms with Crippen LogP contribution in [0.4, 0.5) is 0 Å². The molecule has 14 heavy (non-hydrogen) atoms. The number of hydrogen-bond donors (Lipinski definition) is 2. The first kappa shape index (κ1) is 9.80. The molecule has 4 nitrogen and oxygen atoms in total. The maximum absolute atomic E-state index is 6.06. The monoisotopic (exact) mass is 196 g/mol. The molecule has 0 radical (unpaired) electrons. The quantitative estimate of drug-likeness (QED) is 0.495. The van der Waals surface area contributed by atoms with Gasteiger partial charge >= 0.3 is 0 Å². The predicted octanol–water partition coefficient (Wildman–Crippen LogP) is 0.0763. The van der Waals surface area contributed by atoms with E-state index in [9.17, 15) is 0 Å². The van der Waals surface area contributed by atoms with Crippen LogP contribution in [0.1, 0.15) is 19.3 Å². The molecule has 80 valence electrons. The molecular formula is C10H20N4. The normalized spacial score (nSPS) is 25.7. The first-order chi connectivity index (χ1) is 6.72. The summed E-state index contributed by atoms with van der Waals surface area (Å²) in [4.78, 5) is 2.28. The molecule has 2 rings (SSSR count). The van der Waals surface area contributed by atoms with Crippen molar-refractivity contribution in [3.8, 4) is 0 Å². The van der Waals surface area contributed by atoms with Crippen LogP contribution in [-0.2, 0) is 0 Å². The third kappa shape index (κ3) is 1.60. The van der Waals surface area contributed by atoms with Crippen molar-refractivity contribution in [3.63, 3.8) is 0 Å². The number of likely N-dealkylation sites (tertiary alicyclic amines) is 1.